The van der Waals surface area contributed by atoms with Crippen LogP contribution in [-0.2, 0) is 14.3 Å². The lowest BCUT2D eigenvalue weighted by Gasteiger charge is -2.23. The van der Waals surface area contributed by atoms with Crippen LogP contribution in [0.5, 0.6) is 0 Å². The van der Waals surface area contributed by atoms with Crippen molar-refractivity contribution in [3.8, 4) is 0 Å². The molecular weight excluding hydrogens is 232 g/mol. The predicted octanol–water partition coefficient (Wildman–Crippen LogP) is 0.537. The molecule has 0 aromatic rings. The summed E-state index contributed by atoms with van der Waals surface area (Å²) in [5.41, 5.74) is 0. The van der Waals surface area contributed by atoms with Crippen LogP contribution in [0.25, 0.3) is 0 Å². The molecule has 0 aromatic heterocycles. The summed E-state index contributed by atoms with van der Waals surface area (Å²) in [5.74, 6) is 0.295. The van der Waals surface area contributed by atoms with E-state index in [0.717, 1.165) is 19.6 Å². The molecule has 2 fully saturated rings. The molecule has 2 saturated heterocycles. The van der Waals surface area contributed by atoms with Crippen molar-refractivity contribution in [3.05, 3.63) is 0 Å². The average molecular weight is 254 g/mol. The zero-order chi connectivity index (χ0) is 13.3. The van der Waals surface area contributed by atoms with Gasteiger partial charge >= 0.3 is 0 Å². The van der Waals surface area contributed by atoms with Gasteiger partial charge in [-0.1, -0.05) is 0 Å². The van der Waals surface area contributed by atoms with Gasteiger partial charge in [0.15, 0.2) is 0 Å². The molecule has 1 N–H and O–H groups in total. The molecule has 0 saturated carbocycles. The molecule has 0 bridgehead atoms. The first-order chi connectivity index (χ1) is 8.50. The molecule has 3 unspecified atom stereocenters. The second kappa shape index (κ2) is 5.36. The molecule has 3 atom stereocenters. The zero-order valence-electron chi connectivity index (χ0n) is 11.3. The first-order valence-corrected chi connectivity index (χ1v) is 6.70. The van der Waals surface area contributed by atoms with Crippen LogP contribution < -0.4 is 5.32 Å². The summed E-state index contributed by atoms with van der Waals surface area (Å²) in [6, 6.07) is -0.196. The number of carbonyl (C=O) groups excluding carboxylic acids is 2. The number of rotatable bonds is 4. The van der Waals surface area contributed by atoms with Crippen molar-refractivity contribution in [2.75, 3.05) is 13.2 Å². The highest BCUT2D eigenvalue weighted by molar-refractivity contribution is 6.05. The van der Waals surface area contributed by atoms with Gasteiger partial charge in [-0.25, -0.2) is 0 Å². The van der Waals surface area contributed by atoms with Gasteiger partial charge in [0.05, 0.1) is 19.1 Å². The second-order valence-electron chi connectivity index (χ2n) is 5.53. The Kier molecular flexibility index (Phi) is 4.02. The summed E-state index contributed by atoms with van der Waals surface area (Å²) >= 11 is 0. The Bertz CT molecular complexity index is 337. The maximum Gasteiger partial charge on any atom is 0.247 e. The Hall–Kier alpha value is -0.940. The summed E-state index contributed by atoms with van der Waals surface area (Å²) < 4.78 is 5.35. The number of ether oxygens (including phenoxy) is 1. The summed E-state index contributed by atoms with van der Waals surface area (Å²) in [6.45, 7) is 7.34. The summed E-state index contributed by atoms with van der Waals surface area (Å²) in [6.07, 6.45) is 1.31. The number of hydrogen-bond donors (Lipinski definition) is 1. The highest BCUT2D eigenvalue weighted by atomic mass is 16.5. The number of hydrogen-bond acceptors (Lipinski definition) is 4. The molecule has 5 nitrogen and oxygen atoms in total. The van der Waals surface area contributed by atoms with Crippen LogP contribution in [0.15, 0.2) is 0 Å². The topological polar surface area (TPSA) is 58.6 Å². The Balaban J connectivity index is 1.94. The molecule has 2 aliphatic rings. The first-order valence-electron chi connectivity index (χ1n) is 6.70. The van der Waals surface area contributed by atoms with Gasteiger partial charge < -0.3 is 10.1 Å². The maximum absolute atomic E-state index is 12.1. The van der Waals surface area contributed by atoms with Crippen LogP contribution in [0.4, 0.5) is 0 Å². The average Bonchev–Trinajstić information content (AvgIpc) is 2.88. The molecule has 0 radical (unpaired) electrons. The molecule has 0 aliphatic carbocycles. The number of likely N-dealkylation sites (tertiary alicyclic amines) is 1. The van der Waals surface area contributed by atoms with Crippen molar-refractivity contribution in [2.24, 2.45) is 5.92 Å². The third kappa shape index (κ3) is 2.57. The fraction of sp³-hybridized carbons (Fsp3) is 0.846. The lowest BCUT2D eigenvalue weighted by atomic mass is 9.99. The molecule has 2 rings (SSSR count). The SMILES string of the molecule is CC(NC1CC(=O)N(C(C)C)C1=O)C1CCOC1. The Morgan fingerprint density at radius 2 is 2.06 bits per heavy atom. The summed E-state index contributed by atoms with van der Waals surface area (Å²) in [5, 5.41) is 3.29. The van der Waals surface area contributed by atoms with E-state index in [9.17, 15) is 9.59 Å². The van der Waals surface area contributed by atoms with Gasteiger partial charge in [0, 0.05) is 18.7 Å². The van der Waals surface area contributed by atoms with Gasteiger partial charge in [-0.15, -0.1) is 0 Å². The highest BCUT2D eigenvalue weighted by Crippen LogP contribution is 2.21. The van der Waals surface area contributed by atoms with Crippen LogP contribution in [-0.4, -0.2) is 48.1 Å². The van der Waals surface area contributed by atoms with Gasteiger partial charge in [-0.05, 0) is 33.1 Å². The van der Waals surface area contributed by atoms with Crippen LogP contribution in [0.2, 0.25) is 0 Å². The molecule has 0 aromatic carbocycles. The fourth-order valence-electron chi connectivity index (χ4n) is 2.72. The molecule has 2 amide bonds. The van der Waals surface area contributed by atoms with Crippen molar-refractivity contribution in [3.63, 3.8) is 0 Å². The molecule has 2 aliphatic heterocycles. The van der Waals surface area contributed by atoms with E-state index in [2.05, 4.69) is 12.2 Å². The van der Waals surface area contributed by atoms with E-state index in [0.29, 0.717) is 5.92 Å². The number of nitrogens with zero attached hydrogens (tertiary/aromatic N) is 1. The zero-order valence-corrected chi connectivity index (χ0v) is 11.3. The van der Waals surface area contributed by atoms with Gasteiger partial charge in [-0.2, -0.15) is 0 Å². The molecular formula is C13H22N2O3. The normalized spacial score (nSPS) is 30.6. The van der Waals surface area contributed by atoms with E-state index < -0.39 is 0 Å². The monoisotopic (exact) mass is 254 g/mol. The summed E-state index contributed by atoms with van der Waals surface area (Å²) in [7, 11) is 0. The van der Waals surface area contributed by atoms with E-state index in [1.165, 1.54) is 4.90 Å². The van der Waals surface area contributed by atoms with Crippen molar-refractivity contribution in [1.29, 1.82) is 0 Å². The van der Waals surface area contributed by atoms with E-state index in [-0.39, 0.29) is 36.4 Å². The minimum Gasteiger partial charge on any atom is -0.381 e. The first kappa shape index (κ1) is 13.5. The van der Waals surface area contributed by atoms with Crippen LogP contribution in [0.3, 0.4) is 0 Å². The van der Waals surface area contributed by atoms with Crippen molar-refractivity contribution < 1.29 is 14.3 Å². The molecule has 0 spiro atoms. The van der Waals surface area contributed by atoms with E-state index in [1.807, 2.05) is 13.8 Å². The third-order valence-corrected chi connectivity index (χ3v) is 3.84. The minimum absolute atomic E-state index is 0.0538. The Morgan fingerprint density at radius 3 is 2.56 bits per heavy atom. The Labute approximate surface area is 108 Å². The largest absolute Gasteiger partial charge is 0.381 e. The number of carbonyl (C=O) groups is 2. The second-order valence-corrected chi connectivity index (χ2v) is 5.53. The maximum atomic E-state index is 12.1. The van der Waals surface area contributed by atoms with Gasteiger partial charge in [0.25, 0.3) is 0 Å². The van der Waals surface area contributed by atoms with Gasteiger partial charge in [0.1, 0.15) is 0 Å². The minimum atomic E-state index is -0.351. The van der Waals surface area contributed by atoms with Gasteiger partial charge in [-0.3, -0.25) is 14.5 Å². The third-order valence-electron chi connectivity index (χ3n) is 3.84. The van der Waals surface area contributed by atoms with Crippen molar-refractivity contribution in [1.82, 2.24) is 10.2 Å². The number of nitrogens with one attached hydrogen (secondary N) is 1. The number of amides is 2. The smallest absolute Gasteiger partial charge is 0.247 e. The summed E-state index contributed by atoms with van der Waals surface area (Å²) in [4.78, 5) is 25.3. The highest BCUT2D eigenvalue weighted by Gasteiger charge is 2.41. The molecule has 18 heavy (non-hydrogen) atoms. The molecule has 102 valence electrons. The lowest BCUT2D eigenvalue weighted by molar-refractivity contribution is -0.140. The predicted molar refractivity (Wildman–Crippen MR) is 66.9 cm³/mol. The van der Waals surface area contributed by atoms with E-state index in [4.69, 9.17) is 4.74 Å². The number of imide groups is 1. The lowest BCUT2D eigenvalue weighted by Crippen LogP contribution is -2.46. The van der Waals surface area contributed by atoms with Crippen LogP contribution in [0.1, 0.15) is 33.6 Å². The van der Waals surface area contributed by atoms with Crippen molar-refractivity contribution in [2.45, 2.75) is 51.7 Å². The van der Waals surface area contributed by atoms with Crippen LogP contribution >= 0.6 is 0 Å². The fourth-order valence-corrected chi connectivity index (χ4v) is 2.72. The van der Waals surface area contributed by atoms with Crippen LogP contribution in [0, 0.1) is 5.92 Å². The quantitative estimate of drug-likeness (QED) is 0.744. The Morgan fingerprint density at radius 1 is 1.33 bits per heavy atom. The van der Waals surface area contributed by atoms with E-state index >= 15 is 0 Å². The molecule has 5 heteroatoms. The van der Waals surface area contributed by atoms with E-state index in [1.54, 1.807) is 0 Å². The van der Waals surface area contributed by atoms with Crippen molar-refractivity contribution >= 4 is 11.8 Å². The molecule has 2 heterocycles. The standard InChI is InChI=1S/C13H22N2O3/c1-8(2)15-12(16)6-11(13(15)17)14-9(3)10-4-5-18-7-10/h8-11,14H,4-7H2,1-3H3. The van der Waals surface area contributed by atoms with Gasteiger partial charge in [0.2, 0.25) is 11.8 Å².